The number of ether oxygens (including phenoxy) is 2. The lowest BCUT2D eigenvalue weighted by Gasteiger charge is -2.37. The van der Waals surface area contributed by atoms with E-state index < -0.39 is 11.7 Å². The molecular formula is C23H24FN3O4. The van der Waals surface area contributed by atoms with Crippen LogP contribution in [0.15, 0.2) is 53.1 Å². The predicted molar refractivity (Wildman–Crippen MR) is 115 cm³/mol. The van der Waals surface area contributed by atoms with E-state index in [1.165, 1.54) is 12.1 Å². The topological polar surface area (TPSA) is 76.8 Å². The normalized spacial score (nSPS) is 18.6. The van der Waals surface area contributed by atoms with Gasteiger partial charge in [0.15, 0.2) is 11.5 Å². The molecule has 0 radical (unpaired) electrons. The second kappa shape index (κ2) is 8.77. The minimum absolute atomic E-state index is 0.0205. The van der Waals surface area contributed by atoms with Gasteiger partial charge in [-0.25, -0.2) is 4.39 Å². The number of nitrogens with zero attached hydrogens (tertiary/aromatic N) is 2. The Morgan fingerprint density at radius 3 is 2.61 bits per heavy atom. The Hall–Kier alpha value is -3.39. The summed E-state index contributed by atoms with van der Waals surface area (Å²) in [5.74, 6) is 0.106. The Balaban J connectivity index is 1.48. The van der Waals surface area contributed by atoms with Crippen LogP contribution >= 0.6 is 0 Å². The largest absolute Gasteiger partial charge is 0.496 e. The van der Waals surface area contributed by atoms with Crippen LogP contribution in [0.3, 0.4) is 0 Å². The smallest absolute Gasteiger partial charge is 0.277 e. The molecule has 0 spiro atoms. The van der Waals surface area contributed by atoms with Crippen LogP contribution in [0.25, 0.3) is 11.3 Å². The SMILES string of the molecule is COc1ccccc1-c1cc(C(=O)Nc2ccc(N3C[C@H](C)O[C@@H](C)C3)c(F)c2)no1. The lowest BCUT2D eigenvalue weighted by molar-refractivity contribution is -0.00539. The van der Waals surface area contributed by atoms with Crippen molar-refractivity contribution in [3.05, 3.63) is 60.0 Å². The number of hydrogen-bond donors (Lipinski definition) is 1. The van der Waals surface area contributed by atoms with Crippen molar-refractivity contribution < 1.29 is 23.2 Å². The van der Waals surface area contributed by atoms with Gasteiger partial charge in [-0.05, 0) is 44.2 Å². The summed E-state index contributed by atoms with van der Waals surface area (Å²) < 4.78 is 31.1. The van der Waals surface area contributed by atoms with E-state index in [2.05, 4.69) is 10.5 Å². The molecule has 1 saturated heterocycles. The molecule has 1 aliphatic heterocycles. The minimum atomic E-state index is -0.495. The molecule has 2 atom stereocenters. The van der Waals surface area contributed by atoms with Gasteiger partial charge in [-0.3, -0.25) is 4.79 Å². The van der Waals surface area contributed by atoms with Crippen LogP contribution in [0, 0.1) is 5.82 Å². The second-order valence-corrected chi connectivity index (χ2v) is 7.56. The zero-order valence-electron chi connectivity index (χ0n) is 17.6. The van der Waals surface area contributed by atoms with Crippen LogP contribution in [0.5, 0.6) is 5.75 Å². The van der Waals surface area contributed by atoms with Gasteiger partial charge in [0, 0.05) is 24.8 Å². The van der Waals surface area contributed by atoms with E-state index in [4.69, 9.17) is 14.0 Å². The Bertz CT molecular complexity index is 1070. The van der Waals surface area contributed by atoms with Crippen LogP contribution in [0.2, 0.25) is 0 Å². The molecule has 3 aromatic rings. The number of hydrogen-bond acceptors (Lipinski definition) is 6. The average molecular weight is 425 g/mol. The molecular weight excluding hydrogens is 401 g/mol. The number of halogens is 1. The number of morpholine rings is 1. The molecule has 0 bridgehead atoms. The van der Waals surface area contributed by atoms with Crippen LogP contribution in [0.1, 0.15) is 24.3 Å². The molecule has 1 aromatic heterocycles. The van der Waals surface area contributed by atoms with Crippen molar-refractivity contribution in [3.8, 4) is 17.1 Å². The number of para-hydroxylation sites is 1. The number of nitrogens with one attached hydrogen (secondary N) is 1. The summed E-state index contributed by atoms with van der Waals surface area (Å²) in [6.07, 6.45) is 0.0410. The van der Waals surface area contributed by atoms with Crippen molar-refractivity contribution >= 4 is 17.3 Å². The fourth-order valence-corrected chi connectivity index (χ4v) is 3.77. The summed E-state index contributed by atoms with van der Waals surface area (Å²) in [5.41, 5.74) is 1.59. The fraction of sp³-hybridized carbons (Fsp3) is 0.304. The standard InChI is InChI=1S/C23H24FN3O4/c1-14-12-27(13-15(2)30-14)20-9-8-16(10-18(20)24)25-23(28)19-11-22(31-26-19)17-6-4-5-7-21(17)29-3/h4-11,14-15H,12-13H2,1-3H3,(H,25,28)/t14-,15-/m0/s1. The van der Waals surface area contributed by atoms with Gasteiger partial charge < -0.3 is 24.2 Å². The first-order chi connectivity index (χ1) is 14.9. The monoisotopic (exact) mass is 425 g/mol. The molecule has 0 saturated carbocycles. The van der Waals surface area contributed by atoms with Gasteiger partial charge in [0.05, 0.1) is 30.6 Å². The third kappa shape index (κ3) is 4.54. The molecule has 8 heteroatoms. The summed E-state index contributed by atoms with van der Waals surface area (Å²) in [6, 6.07) is 13.4. The Morgan fingerprint density at radius 2 is 1.90 bits per heavy atom. The molecule has 1 fully saturated rings. The van der Waals surface area contributed by atoms with Crippen LogP contribution < -0.4 is 15.0 Å². The van der Waals surface area contributed by atoms with E-state index in [1.807, 2.05) is 36.9 Å². The molecule has 31 heavy (non-hydrogen) atoms. The van der Waals surface area contributed by atoms with Crippen molar-refractivity contribution in [2.45, 2.75) is 26.1 Å². The average Bonchev–Trinajstić information content (AvgIpc) is 3.23. The first-order valence-corrected chi connectivity index (χ1v) is 10.1. The number of benzene rings is 2. The number of rotatable bonds is 5. The summed E-state index contributed by atoms with van der Waals surface area (Å²) in [6.45, 7) is 5.15. The maximum Gasteiger partial charge on any atom is 0.277 e. The Morgan fingerprint density at radius 1 is 1.16 bits per heavy atom. The summed E-state index contributed by atoms with van der Waals surface area (Å²) in [4.78, 5) is 14.5. The number of carbonyl (C=O) groups excluding carboxylic acids is 1. The van der Waals surface area contributed by atoms with Crippen molar-refractivity contribution in [3.63, 3.8) is 0 Å². The van der Waals surface area contributed by atoms with E-state index in [-0.39, 0.29) is 17.9 Å². The zero-order valence-corrected chi connectivity index (χ0v) is 17.6. The lowest BCUT2D eigenvalue weighted by atomic mass is 10.1. The third-order valence-corrected chi connectivity index (χ3v) is 5.08. The lowest BCUT2D eigenvalue weighted by Crippen LogP contribution is -2.45. The van der Waals surface area contributed by atoms with Crippen molar-refractivity contribution in [1.29, 1.82) is 0 Å². The number of amides is 1. The number of carbonyl (C=O) groups is 1. The molecule has 1 aliphatic rings. The van der Waals surface area contributed by atoms with Gasteiger partial charge in [0.25, 0.3) is 5.91 Å². The number of anilines is 2. The van der Waals surface area contributed by atoms with Gasteiger partial charge in [0.2, 0.25) is 0 Å². The molecule has 1 amide bonds. The van der Waals surface area contributed by atoms with Crippen molar-refractivity contribution in [2.24, 2.45) is 0 Å². The highest BCUT2D eigenvalue weighted by molar-refractivity contribution is 6.03. The van der Waals surface area contributed by atoms with Crippen LogP contribution in [0.4, 0.5) is 15.8 Å². The van der Waals surface area contributed by atoms with E-state index in [0.717, 1.165) is 0 Å². The summed E-state index contributed by atoms with van der Waals surface area (Å²) in [7, 11) is 1.55. The Labute approximate surface area is 179 Å². The Kier molecular flexibility index (Phi) is 5.90. The highest BCUT2D eigenvalue weighted by Gasteiger charge is 2.24. The van der Waals surface area contributed by atoms with Crippen LogP contribution in [-0.4, -0.2) is 43.5 Å². The molecule has 162 valence electrons. The highest BCUT2D eigenvalue weighted by Crippen LogP contribution is 2.30. The van der Waals surface area contributed by atoms with E-state index in [0.29, 0.717) is 41.5 Å². The van der Waals surface area contributed by atoms with Gasteiger partial charge in [0.1, 0.15) is 11.6 Å². The summed E-state index contributed by atoms with van der Waals surface area (Å²) in [5, 5.41) is 6.50. The molecule has 2 aromatic carbocycles. The van der Waals surface area contributed by atoms with Gasteiger partial charge >= 0.3 is 0 Å². The fourth-order valence-electron chi connectivity index (χ4n) is 3.77. The quantitative estimate of drug-likeness (QED) is 0.655. The number of methoxy groups -OCH3 is 1. The molecule has 4 rings (SSSR count). The minimum Gasteiger partial charge on any atom is -0.496 e. The van der Waals surface area contributed by atoms with Gasteiger partial charge in [-0.15, -0.1) is 0 Å². The second-order valence-electron chi connectivity index (χ2n) is 7.56. The van der Waals surface area contributed by atoms with E-state index in [1.54, 1.807) is 25.3 Å². The van der Waals surface area contributed by atoms with Gasteiger partial charge in [-0.2, -0.15) is 0 Å². The van der Waals surface area contributed by atoms with Crippen molar-refractivity contribution in [1.82, 2.24) is 5.16 Å². The van der Waals surface area contributed by atoms with Crippen LogP contribution in [-0.2, 0) is 4.74 Å². The maximum atomic E-state index is 14.8. The number of aromatic nitrogens is 1. The highest BCUT2D eigenvalue weighted by atomic mass is 19.1. The zero-order chi connectivity index (χ0) is 22.0. The maximum absolute atomic E-state index is 14.8. The third-order valence-electron chi connectivity index (χ3n) is 5.08. The van der Waals surface area contributed by atoms with E-state index >= 15 is 0 Å². The predicted octanol–water partition coefficient (Wildman–Crippen LogP) is 4.36. The van der Waals surface area contributed by atoms with Gasteiger partial charge in [-0.1, -0.05) is 17.3 Å². The molecule has 0 aliphatic carbocycles. The molecule has 0 unspecified atom stereocenters. The molecule has 1 N–H and O–H groups in total. The molecule has 7 nitrogen and oxygen atoms in total. The first kappa shape index (κ1) is 20.9. The first-order valence-electron chi connectivity index (χ1n) is 10.1. The summed E-state index contributed by atoms with van der Waals surface area (Å²) >= 11 is 0. The van der Waals surface area contributed by atoms with Crippen molar-refractivity contribution in [2.75, 3.05) is 30.4 Å². The van der Waals surface area contributed by atoms with E-state index in [9.17, 15) is 9.18 Å². The molecule has 2 heterocycles.